The number of ether oxygens (including phenoxy) is 2. The lowest BCUT2D eigenvalue weighted by molar-refractivity contribution is 0.394. The minimum Gasteiger partial charge on any atom is -0.497 e. The molecule has 0 spiro atoms. The highest BCUT2D eigenvalue weighted by atomic mass is 32.2. The quantitative estimate of drug-likeness (QED) is 0.323. The molecule has 2 heterocycles. The van der Waals surface area contributed by atoms with E-state index in [-0.39, 0.29) is 5.63 Å². The minimum atomic E-state index is -0.374. The molecule has 0 saturated heterocycles. The SMILES string of the molecule is COc1cc(OC)cc(-c2nnc(SCc3cc(=O)oc4c(C)c(C)ccc34)o2)c1. The van der Waals surface area contributed by atoms with Gasteiger partial charge in [-0.25, -0.2) is 4.79 Å². The number of methoxy groups -OCH3 is 2. The van der Waals surface area contributed by atoms with Gasteiger partial charge in [-0.05, 0) is 42.7 Å². The number of benzene rings is 2. The largest absolute Gasteiger partial charge is 0.497 e. The molecular formula is C22H20N2O5S. The molecular weight excluding hydrogens is 404 g/mol. The monoisotopic (exact) mass is 424 g/mol. The third kappa shape index (κ3) is 3.91. The van der Waals surface area contributed by atoms with Gasteiger partial charge < -0.3 is 18.3 Å². The van der Waals surface area contributed by atoms with Gasteiger partial charge in [0.15, 0.2) is 0 Å². The van der Waals surface area contributed by atoms with Crippen LogP contribution in [0.25, 0.3) is 22.4 Å². The molecule has 0 unspecified atom stereocenters. The number of hydrogen-bond donors (Lipinski definition) is 0. The van der Waals surface area contributed by atoms with Crippen molar-refractivity contribution in [1.82, 2.24) is 10.2 Å². The Morgan fingerprint density at radius 1 is 0.967 bits per heavy atom. The van der Waals surface area contributed by atoms with Gasteiger partial charge in [-0.1, -0.05) is 23.9 Å². The molecule has 0 aliphatic heterocycles. The van der Waals surface area contributed by atoms with Crippen LogP contribution < -0.4 is 15.1 Å². The number of aryl methyl sites for hydroxylation is 2. The maximum absolute atomic E-state index is 12.0. The van der Waals surface area contributed by atoms with E-state index < -0.39 is 0 Å². The van der Waals surface area contributed by atoms with Crippen molar-refractivity contribution in [2.75, 3.05) is 14.2 Å². The molecule has 4 aromatic rings. The van der Waals surface area contributed by atoms with E-state index in [1.807, 2.05) is 26.0 Å². The molecule has 2 aromatic carbocycles. The second-order valence-electron chi connectivity index (χ2n) is 6.74. The summed E-state index contributed by atoms with van der Waals surface area (Å²) in [6.07, 6.45) is 0. The Kier molecular flexibility index (Phi) is 5.50. The van der Waals surface area contributed by atoms with Crippen molar-refractivity contribution in [3.8, 4) is 23.0 Å². The second-order valence-corrected chi connectivity index (χ2v) is 7.66. The third-order valence-electron chi connectivity index (χ3n) is 4.87. The molecule has 0 N–H and O–H groups in total. The Bertz CT molecular complexity index is 1260. The molecule has 7 nitrogen and oxygen atoms in total. The van der Waals surface area contributed by atoms with Gasteiger partial charge in [0.05, 0.1) is 14.2 Å². The third-order valence-corrected chi connectivity index (χ3v) is 5.74. The Hall–Kier alpha value is -3.26. The van der Waals surface area contributed by atoms with Gasteiger partial charge in [0, 0.05) is 28.8 Å². The molecule has 2 aromatic heterocycles. The summed E-state index contributed by atoms with van der Waals surface area (Å²) in [7, 11) is 3.16. The van der Waals surface area contributed by atoms with Crippen LogP contribution in [0.4, 0.5) is 0 Å². The van der Waals surface area contributed by atoms with E-state index in [2.05, 4.69) is 10.2 Å². The highest BCUT2D eigenvalue weighted by molar-refractivity contribution is 7.98. The van der Waals surface area contributed by atoms with Gasteiger partial charge in [0.2, 0.25) is 5.89 Å². The predicted octanol–water partition coefficient (Wildman–Crippen LogP) is 4.77. The molecule has 0 aliphatic carbocycles. The van der Waals surface area contributed by atoms with Crippen molar-refractivity contribution in [3.63, 3.8) is 0 Å². The Morgan fingerprint density at radius 3 is 2.40 bits per heavy atom. The van der Waals surface area contributed by atoms with Gasteiger partial charge in [-0.3, -0.25) is 0 Å². The van der Waals surface area contributed by atoms with Crippen molar-refractivity contribution in [1.29, 1.82) is 0 Å². The van der Waals surface area contributed by atoms with Crippen LogP contribution in [0, 0.1) is 13.8 Å². The average molecular weight is 424 g/mol. The molecule has 0 bridgehead atoms. The molecule has 30 heavy (non-hydrogen) atoms. The number of nitrogens with zero attached hydrogens (tertiary/aromatic N) is 2. The van der Waals surface area contributed by atoms with E-state index in [4.69, 9.17) is 18.3 Å². The van der Waals surface area contributed by atoms with Crippen molar-refractivity contribution >= 4 is 22.7 Å². The Labute approximate surface area is 177 Å². The fourth-order valence-corrected chi connectivity index (χ4v) is 3.85. The molecule has 0 fully saturated rings. The minimum absolute atomic E-state index is 0.360. The van der Waals surface area contributed by atoms with Crippen LogP contribution in [0.15, 0.2) is 55.2 Å². The van der Waals surface area contributed by atoms with Gasteiger partial charge in [0.25, 0.3) is 5.22 Å². The van der Waals surface area contributed by atoms with Gasteiger partial charge in [0.1, 0.15) is 17.1 Å². The van der Waals surface area contributed by atoms with Gasteiger partial charge >= 0.3 is 5.63 Å². The summed E-state index contributed by atoms with van der Waals surface area (Å²) >= 11 is 1.36. The van der Waals surface area contributed by atoms with Crippen molar-refractivity contribution in [3.05, 3.63) is 63.5 Å². The highest BCUT2D eigenvalue weighted by Crippen LogP contribution is 2.32. The van der Waals surface area contributed by atoms with Crippen molar-refractivity contribution in [2.45, 2.75) is 24.8 Å². The fraction of sp³-hybridized carbons (Fsp3) is 0.227. The van der Waals surface area contributed by atoms with Gasteiger partial charge in [-0.15, -0.1) is 10.2 Å². The highest BCUT2D eigenvalue weighted by Gasteiger charge is 2.14. The predicted molar refractivity (Wildman–Crippen MR) is 114 cm³/mol. The van der Waals surface area contributed by atoms with Gasteiger partial charge in [-0.2, -0.15) is 0 Å². The first kappa shape index (κ1) is 20.0. The van der Waals surface area contributed by atoms with E-state index >= 15 is 0 Å². The smallest absolute Gasteiger partial charge is 0.336 e. The van der Waals surface area contributed by atoms with E-state index in [1.165, 1.54) is 17.8 Å². The lowest BCUT2D eigenvalue weighted by Crippen LogP contribution is -2.01. The molecule has 0 saturated carbocycles. The molecule has 0 amide bonds. The second kappa shape index (κ2) is 8.23. The number of hydrogen-bond acceptors (Lipinski definition) is 8. The molecule has 0 atom stereocenters. The van der Waals surface area contributed by atoms with E-state index in [1.54, 1.807) is 32.4 Å². The van der Waals surface area contributed by atoms with Crippen LogP contribution in [0.2, 0.25) is 0 Å². The maximum Gasteiger partial charge on any atom is 0.336 e. The van der Waals surface area contributed by atoms with Crippen LogP contribution in [-0.4, -0.2) is 24.4 Å². The molecule has 4 rings (SSSR count). The number of aromatic nitrogens is 2. The van der Waals surface area contributed by atoms with E-state index in [9.17, 15) is 4.79 Å². The normalized spacial score (nSPS) is 11.1. The van der Waals surface area contributed by atoms with E-state index in [0.717, 1.165) is 22.1 Å². The number of fused-ring (bicyclic) bond motifs is 1. The summed E-state index contributed by atoms with van der Waals surface area (Å²) in [6.45, 7) is 3.94. The first-order valence-corrected chi connectivity index (χ1v) is 10.2. The molecule has 154 valence electrons. The Balaban J connectivity index is 1.60. The fourth-order valence-electron chi connectivity index (χ4n) is 3.10. The maximum atomic E-state index is 12.0. The lowest BCUT2D eigenvalue weighted by atomic mass is 10.0. The molecule has 0 radical (unpaired) electrons. The first-order chi connectivity index (χ1) is 14.5. The van der Waals surface area contributed by atoms with Crippen molar-refractivity contribution in [2.24, 2.45) is 0 Å². The first-order valence-electron chi connectivity index (χ1n) is 9.21. The number of thioether (sulfide) groups is 1. The zero-order valence-electron chi connectivity index (χ0n) is 17.0. The number of rotatable bonds is 6. The summed E-state index contributed by atoms with van der Waals surface area (Å²) < 4.78 is 21.8. The van der Waals surface area contributed by atoms with Crippen LogP contribution in [0.3, 0.4) is 0 Å². The molecule has 0 aliphatic rings. The topological polar surface area (TPSA) is 87.6 Å². The van der Waals surface area contributed by atoms with Crippen molar-refractivity contribution < 1.29 is 18.3 Å². The average Bonchev–Trinajstić information content (AvgIpc) is 3.23. The van der Waals surface area contributed by atoms with Crippen LogP contribution in [0.5, 0.6) is 11.5 Å². The summed E-state index contributed by atoms with van der Waals surface area (Å²) in [4.78, 5) is 12.0. The van der Waals surface area contributed by atoms with Crippen LogP contribution >= 0.6 is 11.8 Å². The summed E-state index contributed by atoms with van der Waals surface area (Å²) in [5, 5.41) is 9.55. The zero-order chi connectivity index (χ0) is 21.3. The standard InChI is InChI=1S/C22H20N2O5S/c1-12-5-6-18-15(9-19(25)28-20(18)13(12)2)11-30-22-24-23-21(29-22)14-7-16(26-3)10-17(8-14)27-4/h5-10H,11H2,1-4H3. The van der Waals surface area contributed by atoms with Crippen LogP contribution in [-0.2, 0) is 5.75 Å². The van der Waals surface area contributed by atoms with E-state index in [0.29, 0.717) is 39.5 Å². The summed E-state index contributed by atoms with van der Waals surface area (Å²) in [5.74, 6) is 2.11. The zero-order valence-corrected chi connectivity index (χ0v) is 17.8. The Morgan fingerprint density at radius 2 is 1.70 bits per heavy atom. The lowest BCUT2D eigenvalue weighted by Gasteiger charge is -2.08. The molecule has 8 heteroatoms. The summed E-state index contributed by atoms with van der Waals surface area (Å²) in [6, 6.07) is 10.9. The van der Waals surface area contributed by atoms with Crippen LogP contribution in [0.1, 0.15) is 16.7 Å². The summed E-state index contributed by atoms with van der Waals surface area (Å²) in [5.41, 5.74) is 3.84.